The molecule has 0 aliphatic carbocycles. The summed E-state index contributed by atoms with van der Waals surface area (Å²) in [6.07, 6.45) is 0. The number of carbonyl (C=O) groups is 1. The fourth-order valence-corrected chi connectivity index (χ4v) is 5.29. The molecule has 0 aromatic carbocycles. The largest absolute Gasteiger partial charge is 0.377 e. The molecule has 2 saturated heterocycles. The minimum atomic E-state index is -0.661. The number of nitrogens with one attached hydrogen (secondary N) is 2. The number of rotatable bonds is 6. The number of ether oxygens (including phenoxy) is 1. The van der Waals surface area contributed by atoms with Crippen LogP contribution in [0.2, 0.25) is 0 Å². The topological polar surface area (TPSA) is 113 Å². The summed E-state index contributed by atoms with van der Waals surface area (Å²) in [4.78, 5) is 48.5. The summed E-state index contributed by atoms with van der Waals surface area (Å²) in [5.74, 6) is -1.06. The van der Waals surface area contributed by atoms with Crippen molar-refractivity contribution in [1.82, 2.24) is 24.8 Å². The van der Waals surface area contributed by atoms with Crippen LogP contribution in [0.5, 0.6) is 0 Å². The lowest BCUT2D eigenvalue weighted by atomic mass is 10.2. The normalized spacial score (nSPS) is 17.2. The predicted molar refractivity (Wildman–Crippen MR) is 126 cm³/mol. The number of anilines is 1. The number of H-pyrrole nitrogens is 1. The zero-order chi connectivity index (χ0) is 23.8. The number of thiophene rings is 1. The molecule has 2 aliphatic rings. The Labute approximate surface area is 198 Å². The van der Waals surface area contributed by atoms with E-state index in [1.54, 1.807) is 19.1 Å². The third-order valence-electron chi connectivity index (χ3n) is 6.15. The predicted octanol–water partition coefficient (Wildman–Crippen LogP) is 0.756. The van der Waals surface area contributed by atoms with E-state index in [1.165, 1.54) is 15.9 Å². The molecule has 10 nitrogen and oxygen atoms in total. The van der Waals surface area contributed by atoms with Crippen molar-refractivity contribution in [2.45, 2.75) is 26.1 Å². The zero-order valence-corrected chi connectivity index (χ0v) is 19.5. The highest BCUT2D eigenvalue weighted by Crippen LogP contribution is 2.24. The molecule has 0 unspecified atom stereocenters. The number of hydrogen-bond donors (Lipinski definition) is 2. The monoisotopic (exact) mass is 488 g/mol. The number of amides is 1. The first kappa shape index (κ1) is 22.7. The summed E-state index contributed by atoms with van der Waals surface area (Å²) in [5.41, 5.74) is 0.345. The van der Waals surface area contributed by atoms with Gasteiger partial charge in [-0.2, -0.15) is 4.39 Å². The van der Waals surface area contributed by atoms with Crippen molar-refractivity contribution in [2.75, 3.05) is 44.3 Å². The number of aromatic nitrogens is 3. The molecule has 34 heavy (non-hydrogen) atoms. The number of nitrogens with zero attached hydrogens (tertiary/aromatic N) is 4. The van der Waals surface area contributed by atoms with Gasteiger partial charge in [0.25, 0.3) is 11.5 Å². The highest BCUT2D eigenvalue weighted by atomic mass is 32.1. The number of aromatic amines is 1. The first-order valence-electron chi connectivity index (χ1n) is 11.2. The molecule has 0 radical (unpaired) electrons. The zero-order valence-electron chi connectivity index (χ0n) is 18.7. The maximum absolute atomic E-state index is 14.7. The summed E-state index contributed by atoms with van der Waals surface area (Å²) in [6, 6.07) is 4.96. The van der Waals surface area contributed by atoms with E-state index in [4.69, 9.17) is 4.74 Å². The van der Waals surface area contributed by atoms with Gasteiger partial charge < -0.3 is 19.9 Å². The molecule has 2 fully saturated rings. The van der Waals surface area contributed by atoms with Gasteiger partial charge in [-0.05, 0) is 25.1 Å². The maximum Gasteiger partial charge on any atom is 0.328 e. The molecular weight excluding hydrogens is 463 g/mol. The fraction of sp³-hybridized carbons (Fsp3) is 0.455. The molecule has 5 heterocycles. The molecule has 1 amide bonds. The number of fused-ring (bicyclic) bond motifs is 1. The van der Waals surface area contributed by atoms with Crippen molar-refractivity contribution < 1.29 is 13.9 Å². The molecule has 2 aliphatic heterocycles. The minimum absolute atomic E-state index is 0.0426. The van der Waals surface area contributed by atoms with Crippen molar-refractivity contribution in [1.29, 1.82) is 0 Å². The van der Waals surface area contributed by atoms with E-state index in [0.717, 1.165) is 4.88 Å². The van der Waals surface area contributed by atoms with Crippen molar-refractivity contribution in [3.8, 4) is 0 Å². The molecule has 5 rings (SSSR count). The van der Waals surface area contributed by atoms with Crippen LogP contribution >= 0.6 is 11.3 Å². The molecule has 2 N–H and O–H groups in total. The number of hydrogen-bond acceptors (Lipinski definition) is 8. The molecular formula is C22H25FN6O4S. The lowest BCUT2D eigenvalue weighted by Crippen LogP contribution is -2.48. The van der Waals surface area contributed by atoms with Crippen LogP contribution in [0, 0.1) is 5.95 Å². The van der Waals surface area contributed by atoms with Crippen LogP contribution in [-0.4, -0.2) is 70.8 Å². The second kappa shape index (κ2) is 9.28. The molecule has 180 valence electrons. The number of piperazine rings is 1. The van der Waals surface area contributed by atoms with E-state index in [0.29, 0.717) is 68.4 Å². The Morgan fingerprint density at radius 1 is 1.26 bits per heavy atom. The fourth-order valence-electron chi connectivity index (χ4n) is 4.19. The standard InChI is InChI=1S/C22H25FN6O4S/c1-2-29-21(31)18-16(26-22(29)32)9-14(34-18)10-27-5-7-28(8-6-27)17-4-3-15(25-19(17)23)20(30)24-13-11-33-12-13/h3-4,9,13H,2,5-8,10-12H2,1H3,(H,24,30)(H,26,32). The van der Waals surface area contributed by atoms with Gasteiger partial charge in [-0.3, -0.25) is 19.1 Å². The minimum Gasteiger partial charge on any atom is -0.377 e. The Bertz CT molecular complexity index is 1340. The van der Waals surface area contributed by atoms with Crippen molar-refractivity contribution in [3.05, 3.63) is 55.6 Å². The van der Waals surface area contributed by atoms with Crippen LogP contribution in [-0.2, 0) is 17.8 Å². The lowest BCUT2D eigenvalue weighted by molar-refractivity contribution is -0.00356. The Balaban J connectivity index is 1.22. The second-order valence-electron chi connectivity index (χ2n) is 8.41. The van der Waals surface area contributed by atoms with Crippen molar-refractivity contribution in [3.63, 3.8) is 0 Å². The molecule has 3 aromatic heterocycles. The van der Waals surface area contributed by atoms with Gasteiger partial charge in [-0.15, -0.1) is 11.3 Å². The van der Waals surface area contributed by atoms with Gasteiger partial charge in [0.15, 0.2) is 0 Å². The Morgan fingerprint density at radius 3 is 2.68 bits per heavy atom. The molecule has 0 spiro atoms. The van der Waals surface area contributed by atoms with E-state index in [-0.39, 0.29) is 17.3 Å². The van der Waals surface area contributed by atoms with Gasteiger partial charge in [-0.25, -0.2) is 9.78 Å². The first-order valence-corrected chi connectivity index (χ1v) is 12.0. The highest BCUT2D eigenvalue weighted by molar-refractivity contribution is 7.18. The average molecular weight is 489 g/mol. The van der Waals surface area contributed by atoms with Gasteiger partial charge in [0.1, 0.15) is 10.4 Å². The van der Waals surface area contributed by atoms with Gasteiger partial charge >= 0.3 is 5.69 Å². The van der Waals surface area contributed by atoms with E-state index >= 15 is 0 Å². The van der Waals surface area contributed by atoms with Crippen molar-refractivity contribution >= 4 is 33.1 Å². The van der Waals surface area contributed by atoms with E-state index in [1.807, 2.05) is 11.0 Å². The van der Waals surface area contributed by atoms with Crippen molar-refractivity contribution in [2.24, 2.45) is 0 Å². The third kappa shape index (κ3) is 4.36. The van der Waals surface area contributed by atoms with Crippen LogP contribution in [0.15, 0.2) is 27.8 Å². The lowest BCUT2D eigenvalue weighted by Gasteiger charge is -2.35. The van der Waals surface area contributed by atoms with Gasteiger partial charge in [0.05, 0.1) is 30.5 Å². The first-order chi connectivity index (χ1) is 16.4. The Morgan fingerprint density at radius 2 is 2.03 bits per heavy atom. The summed E-state index contributed by atoms with van der Waals surface area (Å²) >= 11 is 1.40. The molecule has 3 aromatic rings. The quantitative estimate of drug-likeness (QED) is 0.493. The molecule has 0 bridgehead atoms. The Kier molecular flexibility index (Phi) is 6.19. The van der Waals surface area contributed by atoms with Crippen LogP contribution in [0.4, 0.5) is 10.1 Å². The van der Waals surface area contributed by atoms with E-state index < -0.39 is 17.5 Å². The number of pyridine rings is 1. The van der Waals surface area contributed by atoms with Crippen LogP contribution in [0.25, 0.3) is 10.2 Å². The van der Waals surface area contributed by atoms with Crippen LogP contribution in [0.3, 0.4) is 0 Å². The smallest absolute Gasteiger partial charge is 0.328 e. The average Bonchev–Trinajstić information content (AvgIpc) is 3.19. The number of carbonyl (C=O) groups excluding carboxylic acids is 1. The van der Waals surface area contributed by atoms with Crippen LogP contribution in [0.1, 0.15) is 22.3 Å². The van der Waals surface area contributed by atoms with Gasteiger partial charge in [0.2, 0.25) is 5.95 Å². The molecule has 0 atom stereocenters. The summed E-state index contributed by atoms with van der Waals surface area (Å²) in [6.45, 7) is 6.28. The summed E-state index contributed by atoms with van der Waals surface area (Å²) in [5, 5.41) is 2.76. The van der Waals surface area contributed by atoms with E-state index in [9.17, 15) is 18.8 Å². The highest BCUT2D eigenvalue weighted by Gasteiger charge is 2.24. The SMILES string of the molecule is CCn1c(=O)[nH]c2cc(CN3CCN(c4ccc(C(=O)NC5COC5)nc4F)CC3)sc2c1=O. The Hall–Kier alpha value is -3.09. The van der Waals surface area contributed by atoms with Crippen LogP contribution < -0.4 is 21.5 Å². The van der Waals surface area contributed by atoms with Gasteiger partial charge in [0, 0.05) is 44.1 Å². The summed E-state index contributed by atoms with van der Waals surface area (Å²) < 4.78 is 21.5. The number of halogens is 1. The maximum atomic E-state index is 14.7. The molecule has 12 heteroatoms. The van der Waals surface area contributed by atoms with E-state index in [2.05, 4.69) is 20.2 Å². The van der Waals surface area contributed by atoms with Gasteiger partial charge in [-0.1, -0.05) is 0 Å². The second-order valence-corrected chi connectivity index (χ2v) is 9.55. The molecule has 0 saturated carbocycles. The summed E-state index contributed by atoms with van der Waals surface area (Å²) in [7, 11) is 0. The third-order valence-corrected chi connectivity index (χ3v) is 7.26.